The zero-order valence-corrected chi connectivity index (χ0v) is 25.6. The zero-order valence-electron chi connectivity index (χ0n) is 20.7. The van der Waals surface area contributed by atoms with Gasteiger partial charge in [0.25, 0.3) is 0 Å². The molecule has 0 spiro atoms. The van der Waals surface area contributed by atoms with Crippen molar-refractivity contribution in [1.82, 2.24) is 0 Å². The molecular formula is C29H31Cl2OSiZr. The van der Waals surface area contributed by atoms with Gasteiger partial charge in [-0.25, -0.2) is 0 Å². The number of halogens is 2. The van der Waals surface area contributed by atoms with Gasteiger partial charge in [0.1, 0.15) is 5.76 Å². The van der Waals surface area contributed by atoms with Crippen LogP contribution in [0.5, 0.6) is 0 Å². The fourth-order valence-electron chi connectivity index (χ4n) is 5.96. The van der Waals surface area contributed by atoms with E-state index in [4.69, 9.17) is 4.42 Å². The molecule has 2 aromatic carbocycles. The third-order valence-corrected chi connectivity index (χ3v) is 13.6. The smallest absolute Gasteiger partial charge is 1.00 e. The van der Waals surface area contributed by atoms with Gasteiger partial charge in [0.05, 0.1) is 14.3 Å². The summed E-state index contributed by atoms with van der Waals surface area (Å²) in [5, 5.41) is 1.59. The molecule has 2 aliphatic heterocycles. The van der Waals surface area contributed by atoms with Crippen molar-refractivity contribution < 1.29 is 54.0 Å². The monoisotopic (exact) mass is 583 g/mol. The fourth-order valence-corrected chi connectivity index (χ4v) is 11.0. The number of hydrogen-bond acceptors (Lipinski definition) is 1. The Hall–Kier alpha value is -1.12. The third kappa shape index (κ3) is 4.21. The molecule has 0 amide bonds. The molecule has 0 saturated heterocycles. The normalized spacial score (nSPS) is 20.3. The van der Waals surface area contributed by atoms with E-state index in [0.29, 0.717) is 9.54 Å². The number of benzene rings is 2. The second-order valence-electron chi connectivity index (χ2n) is 10.3. The summed E-state index contributed by atoms with van der Waals surface area (Å²) in [6.45, 7) is 13.9. The summed E-state index contributed by atoms with van der Waals surface area (Å²) in [5.74, 6) is 1.81. The van der Waals surface area contributed by atoms with Gasteiger partial charge in [0, 0.05) is 11.1 Å². The van der Waals surface area contributed by atoms with Crippen molar-refractivity contribution >= 4 is 19.3 Å². The van der Waals surface area contributed by atoms with Crippen LogP contribution < -0.4 is 24.8 Å². The number of allylic oxidation sites excluding steroid dienone is 2. The zero-order chi connectivity index (χ0) is 22.8. The maximum absolute atomic E-state index is 5.51. The number of rotatable bonds is 2. The van der Waals surface area contributed by atoms with Crippen LogP contribution in [0.1, 0.15) is 70.8 Å². The summed E-state index contributed by atoms with van der Waals surface area (Å²) >= 11 is 1.59. The third-order valence-electron chi connectivity index (χ3n) is 7.59. The summed E-state index contributed by atoms with van der Waals surface area (Å²) in [5.41, 5.74) is 12.4. The van der Waals surface area contributed by atoms with Gasteiger partial charge in [-0.15, -0.1) is 0 Å². The van der Waals surface area contributed by atoms with Gasteiger partial charge in [-0.05, 0) is 18.2 Å². The van der Waals surface area contributed by atoms with Crippen LogP contribution in [0.3, 0.4) is 0 Å². The number of hydrogen-bond donors (Lipinski definition) is 0. The first-order valence-electron chi connectivity index (χ1n) is 11.6. The van der Waals surface area contributed by atoms with E-state index in [2.05, 4.69) is 95.4 Å². The van der Waals surface area contributed by atoms with Crippen molar-refractivity contribution in [2.24, 2.45) is 0 Å². The molecule has 2 bridgehead atoms. The Morgan fingerprint density at radius 1 is 0.912 bits per heavy atom. The average Bonchev–Trinajstić information content (AvgIpc) is 3.45. The molecule has 3 aromatic rings. The van der Waals surface area contributed by atoms with E-state index in [0.717, 1.165) is 5.54 Å². The van der Waals surface area contributed by atoms with Crippen LogP contribution >= 0.6 is 0 Å². The van der Waals surface area contributed by atoms with E-state index in [1.807, 2.05) is 6.26 Å². The van der Waals surface area contributed by atoms with Gasteiger partial charge >= 0.3 is 137 Å². The van der Waals surface area contributed by atoms with Crippen LogP contribution in [0.2, 0.25) is 13.1 Å². The predicted octanol–water partition coefficient (Wildman–Crippen LogP) is 2.44. The molecule has 34 heavy (non-hydrogen) atoms. The Kier molecular flexibility index (Phi) is 8.15. The van der Waals surface area contributed by atoms with E-state index >= 15 is 0 Å². The number of fused-ring (bicyclic) bond motifs is 1. The van der Waals surface area contributed by atoms with Crippen LogP contribution in [-0.2, 0) is 24.7 Å². The number of furan rings is 1. The second kappa shape index (κ2) is 10.1. The van der Waals surface area contributed by atoms with E-state index < -0.39 is 8.07 Å². The molecule has 7 rings (SSSR count). The van der Waals surface area contributed by atoms with Crippen molar-refractivity contribution in [3.63, 3.8) is 0 Å². The van der Waals surface area contributed by atoms with Crippen molar-refractivity contribution in [3.05, 3.63) is 94.0 Å². The van der Waals surface area contributed by atoms with Crippen molar-refractivity contribution in [1.29, 1.82) is 0 Å². The van der Waals surface area contributed by atoms with Gasteiger partial charge in [0.2, 0.25) is 0 Å². The van der Waals surface area contributed by atoms with Gasteiger partial charge < -0.3 is 29.2 Å². The molecule has 5 heteroatoms. The molecule has 0 radical (unpaired) electrons. The molecule has 1 aromatic heterocycles. The van der Waals surface area contributed by atoms with Gasteiger partial charge in [0.15, 0.2) is 0 Å². The molecule has 1 nitrogen and oxygen atoms in total. The first-order valence-corrected chi connectivity index (χ1v) is 16.1. The quantitative estimate of drug-likeness (QED) is 0.422. The summed E-state index contributed by atoms with van der Waals surface area (Å²) in [6, 6.07) is 18.0. The summed E-state index contributed by atoms with van der Waals surface area (Å²) < 4.78 is 6.16. The second-order valence-corrected chi connectivity index (χ2v) is 16.3. The topological polar surface area (TPSA) is 13.1 Å². The molecule has 175 valence electrons. The van der Waals surface area contributed by atoms with Crippen LogP contribution in [0, 0.1) is 0 Å². The van der Waals surface area contributed by atoms with E-state index in [-0.39, 0.29) is 24.8 Å². The van der Waals surface area contributed by atoms with Crippen LogP contribution in [0.4, 0.5) is 0 Å². The molecule has 0 fully saturated rings. The van der Waals surface area contributed by atoms with Crippen molar-refractivity contribution in [2.45, 2.75) is 55.9 Å². The van der Waals surface area contributed by atoms with Gasteiger partial charge in [-0.2, -0.15) is 0 Å². The minimum atomic E-state index is -1.08. The van der Waals surface area contributed by atoms with Crippen LogP contribution in [0.25, 0.3) is 22.4 Å². The maximum Gasteiger partial charge on any atom is -1.00 e. The Labute approximate surface area is 232 Å². The fraction of sp³-hybridized carbons (Fsp3) is 0.310. The molecule has 0 saturated carbocycles. The molecule has 2 atom stereocenters. The van der Waals surface area contributed by atoms with E-state index in [1.165, 1.54) is 44.7 Å². The Bertz CT molecular complexity index is 1270. The maximum atomic E-state index is 5.51. The summed E-state index contributed by atoms with van der Waals surface area (Å²) in [4.78, 5) is 0. The minimum absolute atomic E-state index is 0. The molecule has 3 heterocycles. The SMILES string of the molecule is CC1=C2c3occc3C1[Si]2(C)C.CC1=Cc2c(-c3ccc(C(C)C)cc3)cccc2[CH]1[Zr+2].[Cl-].[Cl-]. The largest absolute Gasteiger partial charge is 1.00 e. The van der Waals surface area contributed by atoms with Gasteiger partial charge in [-0.3, -0.25) is 0 Å². The van der Waals surface area contributed by atoms with Crippen molar-refractivity contribution in [3.8, 4) is 11.1 Å². The molecule has 4 aliphatic rings. The van der Waals surface area contributed by atoms with Gasteiger partial charge in [-0.1, -0.05) is 18.7 Å². The first kappa shape index (κ1) is 27.5. The van der Waals surface area contributed by atoms with E-state index in [1.54, 1.807) is 35.5 Å². The average molecular weight is 586 g/mol. The Balaban J connectivity index is 0.000000199. The summed E-state index contributed by atoms with van der Waals surface area (Å²) in [6.07, 6.45) is 4.20. The summed E-state index contributed by atoms with van der Waals surface area (Å²) in [7, 11) is -1.08. The van der Waals surface area contributed by atoms with Crippen molar-refractivity contribution in [2.75, 3.05) is 0 Å². The standard InChI is InChI=1S/C19H19.C10H12OSi.2ClH.Zr/c1-13(2)15-7-9-16(10-8-15)18-6-4-5-17-11-14(3)12-19(17)18;1-6-9-7-4-5-11-8(7)10(6)12(9,2)3;;;/h4-13H,1-3H3;4-5,9H,1-3H3;2*1H;/q;;;;+2/p-2. The van der Waals surface area contributed by atoms with Crippen LogP contribution in [0.15, 0.2) is 70.4 Å². The minimum Gasteiger partial charge on any atom is -1.00 e. The van der Waals surface area contributed by atoms with Crippen LogP contribution in [-0.4, -0.2) is 8.07 Å². The first-order chi connectivity index (χ1) is 15.2. The Morgan fingerprint density at radius 3 is 2.18 bits per heavy atom. The Morgan fingerprint density at radius 2 is 1.59 bits per heavy atom. The van der Waals surface area contributed by atoms with E-state index in [9.17, 15) is 0 Å². The molecular weight excluding hydrogens is 555 g/mol. The molecule has 2 aliphatic carbocycles. The molecule has 2 unspecified atom stereocenters. The molecule has 0 N–H and O–H groups in total. The predicted molar refractivity (Wildman–Crippen MR) is 134 cm³/mol.